The van der Waals surface area contributed by atoms with Crippen molar-refractivity contribution in [3.8, 4) is 5.75 Å². The third-order valence-electron chi connectivity index (χ3n) is 7.11. The van der Waals surface area contributed by atoms with Crippen LogP contribution in [0.5, 0.6) is 5.75 Å². The van der Waals surface area contributed by atoms with Crippen LogP contribution in [0.2, 0.25) is 0 Å². The van der Waals surface area contributed by atoms with Gasteiger partial charge in [0.15, 0.2) is 6.10 Å². The molecule has 0 spiro atoms. The summed E-state index contributed by atoms with van der Waals surface area (Å²) in [5.74, 6) is -0.517. The fourth-order valence-electron chi connectivity index (χ4n) is 5.06. The van der Waals surface area contributed by atoms with Gasteiger partial charge in [-0.1, -0.05) is 72.8 Å². The number of hydrogen-bond donors (Lipinski definition) is 2. The van der Waals surface area contributed by atoms with Crippen LogP contribution in [-0.2, 0) is 33.9 Å². The molecule has 1 heterocycles. The average molecular weight is 502 g/mol. The number of benzene rings is 3. The predicted octanol–water partition coefficient (Wildman–Crippen LogP) is 4.27. The van der Waals surface area contributed by atoms with Crippen molar-refractivity contribution in [2.45, 2.75) is 63.2 Å². The van der Waals surface area contributed by atoms with E-state index in [-0.39, 0.29) is 25.0 Å². The molecule has 3 aromatic rings. The van der Waals surface area contributed by atoms with Gasteiger partial charge in [-0.05, 0) is 42.0 Å². The second-order valence-electron chi connectivity index (χ2n) is 9.76. The molecular weight excluding hydrogens is 470 g/mol. The lowest BCUT2D eigenvalue weighted by atomic mass is 9.90. The second kappa shape index (κ2) is 11.2. The Hall–Kier alpha value is -3.68. The number of aliphatic hydroxyl groups is 1. The highest BCUT2D eigenvalue weighted by atomic mass is 16.5. The molecule has 192 valence electrons. The molecule has 1 fully saturated rings. The standard InChI is InChI=1S/C30H31NO6/c32-24-16-25(17-24)37-29(21-10-5-2-6-11-21)30(35)31-18-22-12-7-13-27(26(22)14-23(31)15-28(33)34)36-19-20-8-3-1-4-9-20/h1-13,23-25,29,32H,14-19H2,(H,33,34)/t23-,24?,25?,29?/m1/s1. The van der Waals surface area contributed by atoms with Crippen molar-refractivity contribution in [1.82, 2.24) is 4.90 Å². The first-order chi connectivity index (χ1) is 18.0. The highest BCUT2D eigenvalue weighted by Gasteiger charge is 2.39. The predicted molar refractivity (Wildman–Crippen MR) is 137 cm³/mol. The number of ether oxygens (including phenoxy) is 2. The molecule has 2 atom stereocenters. The van der Waals surface area contributed by atoms with Gasteiger partial charge in [0.25, 0.3) is 5.91 Å². The lowest BCUT2D eigenvalue weighted by molar-refractivity contribution is -0.163. The van der Waals surface area contributed by atoms with E-state index in [0.717, 1.165) is 16.7 Å². The van der Waals surface area contributed by atoms with Gasteiger partial charge in [-0.2, -0.15) is 0 Å². The Morgan fingerprint density at radius 1 is 0.946 bits per heavy atom. The molecule has 1 saturated carbocycles. The minimum Gasteiger partial charge on any atom is -0.489 e. The Bertz CT molecular complexity index is 1230. The van der Waals surface area contributed by atoms with Crippen molar-refractivity contribution in [2.24, 2.45) is 0 Å². The van der Waals surface area contributed by atoms with Crippen LogP contribution in [0.4, 0.5) is 0 Å². The first-order valence-electron chi connectivity index (χ1n) is 12.7. The molecule has 1 amide bonds. The molecule has 3 aromatic carbocycles. The topological polar surface area (TPSA) is 96.3 Å². The molecule has 1 unspecified atom stereocenters. The van der Waals surface area contributed by atoms with Gasteiger partial charge in [0.1, 0.15) is 12.4 Å². The third kappa shape index (κ3) is 5.84. The summed E-state index contributed by atoms with van der Waals surface area (Å²) in [7, 11) is 0. The van der Waals surface area contributed by atoms with Gasteiger partial charge in [-0.15, -0.1) is 0 Å². The van der Waals surface area contributed by atoms with Crippen molar-refractivity contribution >= 4 is 11.9 Å². The number of nitrogens with zero attached hydrogens (tertiary/aromatic N) is 1. The maximum Gasteiger partial charge on any atom is 0.305 e. The minimum atomic E-state index is -0.965. The summed E-state index contributed by atoms with van der Waals surface area (Å²) < 4.78 is 12.3. The van der Waals surface area contributed by atoms with Crippen LogP contribution in [0.25, 0.3) is 0 Å². The van der Waals surface area contributed by atoms with Crippen LogP contribution >= 0.6 is 0 Å². The molecule has 2 aliphatic rings. The number of fused-ring (bicyclic) bond motifs is 1. The maximum absolute atomic E-state index is 14.0. The zero-order valence-electron chi connectivity index (χ0n) is 20.5. The van der Waals surface area contributed by atoms with Gasteiger partial charge in [0.2, 0.25) is 0 Å². The second-order valence-corrected chi connectivity index (χ2v) is 9.76. The average Bonchev–Trinajstić information content (AvgIpc) is 2.89. The molecule has 7 heteroatoms. The van der Waals surface area contributed by atoms with Gasteiger partial charge in [0, 0.05) is 18.2 Å². The monoisotopic (exact) mass is 501 g/mol. The van der Waals surface area contributed by atoms with Crippen molar-refractivity contribution in [3.05, 3.63) is 101 Å². The largest absolute Gasteiger partial charge is 0.489 e. The molecule has 1 aliphatic heterocycles. The number of hydrogen-bond acceptors (Lipinski definition) is 5. The zero-order chi connectivity index (χ0) is 25.8. The normalized spacial score (nSPS) is 21.4. The van der Waals surface area contributed by atoms with Crippen molar-refractivity contribution in [3.63, 3.8) is 0 Å². The fraction of sp³-hybridized carbons (Fsp3) is 0.333. The lowest BCUT2D eigenvalue weighted by Crippen LogP contribution is -2.49. The van der Waals surface area contributed by atoms with Crippen molar-refractivity contribution in [1.29, 1.82) is 0 Å². The van der Waals surface area contributed by atoms with E-state index >= 15 is 0 Å². The van der Waals surface area contributed by atoms with Crippen LogP contribution in [-0.4, -0.2) is 45.2 Å². The van der Waals surface area contributed by atoms with E-state index < -0.39 is 24.2 Å². The van der Waals surface area contributed by atoms with Gasteiger partial charge in [-0.25, -0.2) is 0 Å². The molecule has 0 saturated heterocycles. The quantitative estimate of drug-likeness (QED) is 0.455. The summed E-state index contributed by atoms with van der Waals surface area (Å²) in [6.45, 7) is 0.676. The number of carboxylic acid groups (broad SMARTS) is 1. The number of rotatable bonds is 9. The number of carbonyl (C=O) groups excluding carboxylic acids is 1. The van der Waals surface area contributed by atoms with E-state index in [1.807, 2.05) is 78.9 Å². The Balaban J connectivity index is 1.41. The smallest absolute Gasteiger partial charge is 0.305 e. The molecule has 37 heavy (non-hydrogen) atoms. The highest BCUT2D eigenvalue weighted by molar-refractivity contribution is 5.84. The van der Waals surface area contributed by atoms with E-state index in [2.05, 4.69) is 0 Å². The van der Waals surface area contributed by atoms with Gasteiger partial charge < -0.3 is 24.6 Å². The van der Waals surface area contributed by atoms with E-state index in [1.165, 1.54) is 0 Å². The minimum absolute atomic E-state index is 0.179. The van der Waals surface area contributed by atoms with Crippen LogP contribution in [0.1, 0.15) is 47.6 Å². The molecule has 0 bridgehead atoms. The fourth-order valence-corrected chi connectivity index (χ4v) is 5.06. The van der Waals surface area contributed by atoms with Crippen LogP contribution in [0.15, 0.2) is 78.9 Å². The number of aliphatic carboxylic acids is 1. The Morgan fingerprint density at radius 2 is 1.65 bits per heavy atom. The molecule has 0 aromatic heterocycles. The summed E-state index contributed by atoms with van der Waals surface area (Å²) >= 11 is 0. The van der Waals surface area contributed by atoms with Crippen LogP contribution < -0.4 is 4.74 Å². The molecular formula is C30H31NO6. The summed E-state index contributed by atoms with van der Waals surface area (Å²) in [5.41, 5.74) is 3.63. The Kier molecular flexibility index (Phi) is 7.53. The molecule has 5 rings (SSSR count). The first-order valence-corrected chi connectivity index (χ1v) is 12.7. The SMILES string of the molecule is O=C(O)C[C@H]1Cc2c(cccc2OCc2ccccc2)CN1C(=O)C(OC1CC(O)C1)c1ccccc1. The van der Waals surface area contributed by atoms with Gasteiger partial charge in [-0.3, -0.25) is 9.59 Å². The van der Waals surface area contributed by atoms with Crippen LogP contribution in [0.3, 0.4) is 0 Å². The Morgan fingerprint density at radius 3 is 2.32 bits per heavy atom. The summed E-state index contributed by atoms with van der Waals surface area (Å²) in [6, 6.07) is 24.3. The number of aliphatic hydroxyl groups excluding tert-OH is 1. The van der Waals surface area contributed by atoms with E-state index in [0.29, 0.717) is 37.2 Å². The summed E-state index contributed by atoms with van der Waals surface area (Å²) in [4.78, 5) is 27.4. The van der Waals surface area contributed by atoms with E-state index in [9.17, 15) is 19.8 Å². The highest BCUT2D eigenvalue weighted by Crippen LogP contribution is 2.36. The van der Waals surface area contributed by atoms with Crippen molar-refractivity contribution < 1.29 is 29.3 Å². The number of carbonyl (C=O) groups is 2. The van der Waals surface area contributed by atoms with Crippen LogP contribution in [0, 0.1) is 0 Å². The van der Waals surface area contributed by atoms with Gasteiger partial charge >= 0.3 is 5.97 Å². The molecule has 1 aliphatic carbocycles. The maximum atomic E-state index is 14.0. The first kappa shape index (κ1) is 25.0. The lowest BCUT2D eigenvalue weighted by Gasteiger charge is -2.40. The summed E-state index contributed by atoms with van der Waals surface area (Å²) in [6.07, 6.45) is -0.317. The van der Waals surface area contributed by atoms with Crippen molar-refractivity contribution in [2.75, 3.05) is 0 Å². The van der Waals surface area contributed by atoms with E-state index in [4.69, 9.17) is 9.47 Å². The summed E-state index contributed by atoms with van der Waals surface area (Å²) in [5, 5.41) is 19.4. The molecule has 2 N–H and O–H groups in total. The molecule has 7 nitrogen and oxygen atoms in total. The number of carboxylic acids is 1. The van der Waals surface area contributed by atoms with E-state index in [1.54, 1.807) is 4.90 Å². The third-order valence-corrected chi connectivity index (χ3v) is 7.11. The molecule has 0 radical (unpaired) electrons. The van der Waals surface area contributed by atoms with Gasteiger partial charge in [0.05, 0.1) is 18.6 Å². The Labute approximate surface area is 216 Å². The zero-order valence-corrected chi connectivity index (χ0v) is 20.5. The number of amides is 1.